The van der Waals surface area contributed by atoms with Crippen LogP contribution in [0.5, 0.6) is 0 Å². The van der Waals surface area contributed by atoms with Gasteiger partial charge in [0, 0.05) is 57.1 Å². The van der Waals surface area contributed by atoms with E-state index in [1.165, 1.54) is 50.7 Å². The summed E-state index contributed by atoms with van der Waals surface area (Å²) in [6, 6.07) is 0. The summed E-state index contributed by atoms with van der Waals surface area (Å²) in [4.78, 5) is 7.57. The predicted molar refractivity (Wildman–Crippen MR) is 94.1 cm³/mol. The Morgan fingerprint density at radius 3 is 2.29 bits per heavy atom. The second kappa shape index (κ2) is 7.18. The number of nitrogens with two attached hydrogens (primary N) is 1. The van der Waals surface area contributed by atoms with Crippen molar-refractivity contribution in [2.75, 3.05) is 71.4 Å². The van der Waals surface area contributed by atoms with E-state index in [1.807, 2.05) is 0 Å². The maximum atomic E-state index is 6.25. The molecule has 124 valence electrons. The van der Waals surface area contributed by atoms with Crippen molar-refractivity contribution in [2.45, 2.75) is 25.8 Å². The maximum Gasteiger partial charge on any atom is 0.0428 e. The van der Waals surface area contributed by atoms with Gasteiger partial charge in [-0.2, -0.15) is 11.8 Å². The Morgan fingerprint density at radius 2 is 1.76 bits per heavy atom. The second-order valence-electron chi connectivity index (χ2n) is 7.89. The van der Waals surface area contributed by atoms with Crippen LogP contribution in [-0.4, -0.2) is 91.7 Å². The number of hydrogen-bond acceptors (Lipinski definition) is 5. The van der Waals surface area contributed by atoms with Crippen LogP contribution in [0.1, 0.15) is 20.3 Å². The molecule has 2 fully saturated rings. The maximum absolute atomic E-state index is 6.25. The fraction of sp³-hybridized carbons (Fsp3) is 1.00. The molecule has 2 aliphatic heterocycles. The molecule has 2 aliphatic rings. The first kappa shape index (κ1) is 17.5. The summed E-state index contributed by atoms with van der Waals surface area (Å²) in [5.41, 5.74) is 6.91. The molecule has 0 bridgehead atoms. The molecule has 1 atom stereocenters. The monoisotopic (exact) mass is 314 g/mol. The predicted octanol–water partition coefficient (Wildman–Crippen LogP) is 1.03. The van der Waals surface area contributed by atoms with Gasteiger partial charge in [-0.15, -0.1) is 0 Å². The molecule has 2 heterocycles. The van der Waals surface area contributed by atoms with Crippen LogP contribution in [0.3, 0.4) is 0 Å². The summed E-state index contributed by atoms with van der Waals surface area (Å²) in [5, 5.41) is 0. The highest BCUT2D eigenvalue weighted by molar-refractivity contribution is 7.99. The molecule has 2 saturated heterocycles. The van der Waals surface area contributed by atoms with Gasteiger partial charge in [0.1, 0.15) is 0 Å². The Labute approximate surface area is 135 Å². The lowest BCUT2D eigenvalue weighted by atomic mass is 9.78. The van der Waals surface area contributed by atoms with Crippen LogP contribution in [-0.2, 0) is 0 Å². The summed E-state index contributed by atoms with van der Waals surface area (Å²) >= 11 is 2.10. The lowest BCUT2D eigenvalue weighted by Crippen LogP contribution is -2.64. The van der Waals surface area contributed by atoms with Crippen molar-refractivity contribution in [1.29, 1.82) is 0 Å². The van der Waals surface area contributed by atoms with E-state index in [9.17, 15) is 0 Å². The van der Waals surface area contributed by atoms with Crippen LogP contribution in [0.4, 0.5) is 0 Å². The summed E-state index contributed by atoms with van der Waals surface area (Å²) in [7, 11) is 4.31. The van der Waals surface area contributed by atoms with Crippen LogP contribution >= 0.6 is 11.8 Å². The van der Waals surface area contributed by atoms with Gasteiger partial charge in [0.2, 0.25) is 0 Å². The molecule has 0 spiro atoms. The first-order valence-corrected chi connectivity index (χ1v) is 9.42. The van der Waals surface area contributed by atoms with Crippen LogP contribution in [0, 0.1) is 5.41 Å². The molecule has 0 aromatic rings. The molecule has 4 nitrogen and oxygen atoms in total. The topological polar surface area (TPSA) is 35.7 Å². The van der Waals surface area contributed by atoms with Crippen molar-refractivity contribution < 1.29 is 0 Å². The normalized spacial score (nSPS) is 31.7. The van der Waals surface area contributed by atoms with Crippen molar-refractivity contribution in [3.05, 3.63) is 0 Å². The number of rotatable bonds is 5. The molecule has 0 aromatic carbocycles. The van der Waals surface area contributed by atoms with Gasteiger partial charge in [-0.1, -0.05) is 13.8 Å². The zero-order valence-corrected chi connectivity index (χ0v) is 15.2. The first-order chi connectivity index (χ1) is 9.87. The zero-order valence-electron chi connectivity index (χ0n) is 14.4. The largest absolute Gasteiger partial charge is 0.329 e. The number of piperazine rings is 1. The van der Waals surface area contributed by atoms with E-state index in [4.69, 9.17) is 5.73 Å². The number of likely N-dealkylation sites (N-methyl/N-ethyl adjacent to an activating group) is 1. The molecule has 21 heavy (non-hydrogen) atoms. The Kier molecular flexibility index (Phi) is 5.99. The molecule has 0 aliphatic carbocycles. The minimum absolute atomic E-state index is 0.236. The average molecular weight is 315 g/mol. The Balaban J connectivity index is 1.90. The van der Waals surface area contributed by atoms with Gasteiger partial charge in [0.05, 0.1) is 0 Å². The van der Waals surface area contributed by atoms with Gasteiger partial charge in [0.25, 0.3) is 0 Å². The third kappa shape index (κ3) is 4.58. The van der Waals surface area contributed by atoms with Crippen molar-refractivity contribution in [3.63, 3.8) is 0 Å². The minimum Gasteiger partial charge on any atom is -0.329 e. The van der Waals surface area contributed by atoms with Crippen LogP contribution in [0.2, 0.25) is 0 Å². The molecule has 2 rings (SSSR count). The Bertz CT molecular complexity index is 326. The molecule has 0 saturated carbocycles. The first-order valence-electron chi connectivity index (χ1n) is 8.27. The van der Waals surface area contributed by atoms with Gasteiger partial charge >= 0.3 is 0 Å². The highest BCUT2D eigenvalue weighted by atomic mass is 32.2. The number of hydrogen-bond donors (Lipinski definition) is 1. The summed E-state index contributed by atoms with van der Waals surface area (Å²) in [6.45, 7) is 12.7. The molecule has 5 heteroatoms. The fourth-order valence-electron chi connectivity index (χ4n) is 3.76. The summed E-state index contributed by atoms with van der Waals surface area (Å²) < 4.78 is 0. The molecular formula is C16H34N4S. The van der Waals surface area contributed by atoms with Crippen LogP contribution < -0.4 is 5.73 Å². The number of nitrogens with zero attached hydrogens (tertiary/aromatic N) is 3. The summed E-state index contributed by atoms with van der Waals surface area (Å²) in [6.07, 6.45) is 1.25. The van der Waals surface area contributed by atoms with Crippen molar-refractivity contribution in [2.24, 2.45) is 11.1 Å². The van der Waals surface area contributed by atoms with Crippen molar-refractivity contribution >= 4 is 11.8 Å². The van der Waals surface area contributed by atoms with Crippen LogP contribution in [0.15, 0.2) is 0 Å². The van der Waals surface area contributed by atoms with Gasteiger partial charge in [-0.25, -0.2) is 0 Å². The van der Waals surface area contributed by atoms with Gasteiger partial charge in [-0.3, -0.25) is 9.80 Å². The fourth-order valence-corrected chi connectivity index (χ4v) is 5.30. The Hall–Kier alpha value is 0.190. The standard InChI is InChI=1S/C16H34N4S/c1-15(2)11-16(12-17,14-21-13-15)20-9-7-19(8-10-20)6-5-18(3)4/h5-14,17H2,1-4H3. The third-order valence-electron chi connectivity index (χ3n) is 4.96. The van der Waals surface area contributed by atoms with Gasteiger partial charge < -0.3 is 10.6 Å². The quantitative estimate of drug-likeness (QED) is 0.820. The molecule has 0 amide bonds. The van der Waals surface area contributed by atoms with Crippen LogP contribution in [0.25, 0.3) is 0 Å². The lowest BCUT2D eigenvalue weighted by molar-refractivity contribution is 0.0214. The molecule has 0 aromatic heterocycles. The molecule has 0 radical (unpaired) electrons. The second-order valence-corrected chi connectivity index (χ2v) is 8.88. The van der Waals surface area contributed by atoms with Gasteiger partial charge in [-0.05, 0) is 31.7 Å². The molecule has 1 unspecified atom stereocenters. The van der Waals surface area contributed by atoms with E-state index in [2.05, 4.69) is 54.4 Å². The highest BCUT2D eigenvalue weighted by Gasteiger charge is 2.44. The van der Waals surface area contributed by atoms with E-state index < -0.39 is 0 Å². The Morgan fingerprint density at radius 1 is 1.10 bits per heavy atom. The number of thioether (sulfide) groups is 1. The lowest BCUT2D eigenvalue weighted by Gasteiger charge is -2.53. The summed E-state index contributed by atoms with van der Waals surface area (Å²) in [5.74, 6) is 2.49. The smallest absolute Gasteiger partial charge is 0.0428 e. The molecular weight excluding hydrogens is 280 g/mol. The third-order valence-corrected chi connectivity index (χ3v) is 6.68. The molecule has 2 N–H and O–H groups in total. The van der Waals surface area contributed by atoms with E-state index in [0.717, 1.165) is 13.1 Å². The van der Waals surface area contributed by atoms with E-state index in [0.29, 0.717) is 5.41 Å². The minimum atomic E-state index is 0.236. The SMILES string of the molecule is CN(C)CCN1CCN(C2(CN)CSCC(C)(C)C2)CC1. The van der Waals surface area contributed by atoms with E-state index in [-0.39, 0.29) is 5.54 Å². The van der Waals surface area contributed by atoms with Gasteiger partial charge in [0.15, 0.2) is 0 Å². The van der Waals surface area contributed by atoms with E-state index >= 15 is 0 Å². The van der Waals surface area contributed by atoms with E-state index in [1.54, 1.807) is 0 Å². The zero-order chi connectivity index (χ0) is 15.5. The van der Waals surface area contributed by atoms with Crippen molar-refractivity contribution in [3.8, 4) is 0 Å². The average Bonchev–Trinajstić information content (AvgIpc) is 2.44. The van der Waals surface area contributed by atoms with Crippen molar-refractivity contribution in [1.82, 2.24) is 14.7 Å². The highest BCUT2D eigenvalue weighted by Crippen LogP contribution is 2.42.